The van der Waals surface area contributed by atoms with Gasteiger partial charge in [0.15, 0.2) is 0 Å². The molecule has 1 aromatic carbocycles. The van der Waals surface area contributed by atoms with Gasteiger partial charge in [0.25, 0.3) is 0 Å². The van der Waals surface area contributed by atoms with E-state index < -0.39 is 17.8 Å². The van der Waals surface area contributed by atoms with Crippen molar-refractivity contribution in [1.29, 1.82) is 0 Å². The second kappa shape index (κ2) is 9.91. The SMILES string of the molecule is CC(C)[C@@H]1C[C@H](N(C)C(C)C)CC[C@@H]1N1CCC(Nc2ncnc3ccc(C(F)(F)F)cc23)C1=O. The number of nitrogens with one attached hydrogen (secondary N) is 1. The van der Waals surface area contributed by atoms with Crippen LogP contribution in [-0.4, -0.2) is 63.4 Å². The molecule has 1 saturated carbocycles. The lowest BCUT2D eigenvalue weighted by Crippen LogP contribution is -2.52. The molecule has 2 heterocycles. The molecule has 1 amide bonds. The van der Waals surface area contributed by atoms with Crippen LogP contribution in [0, 0.1) is 11.8 Å². The van der Waals surface area contributed by atoms with Crippen LogP contribution in [0.25, 0.3) is 10.9 Å². The van der Waals surface area contributed by atoms with Gasteiger partial charge in [0.05, 0.1) is 11.1 Å². The summed E-state index contributed by atoms with van der Waals surface area (Å²) in [5.74, 6) is 1.14. The first-order chi connectivity index (χ1) is 16.5. The molecule has 2 aliphatic rings. The summed E-state index contributed by atoms with van der Waals surface area (Å²) in [5.41, 5.74) is -0.351. The van der Waals surface area contributed by atoms with E-state index in [1.54, 1.807) is 0 Å². The predicted octanol–water partition coefficient (Wildman–Crippen LogP) is 5.19. The third-order valence-corrected chi connectivity index (χ3v) is 7.99. The highest BCUT2D eigenvalue weighted by molar-refractivity contribution is 5.93. The van der Waals surface area contributed by atoms with Crippen molar-refractivity contribution in [2.45, 2.75) is 83.7 Å². The second-order valence-electron chi connectivity index (χ2n) is 10.7. The molecule has 1 saturated heterocycles. The first-order valence-corrected chi connectivity index (χ1v) is 12.6. The molecule has 0 bridgehead atoms. The molecule has 0 spiro atoms. The van der Waals surface area contributed by atoms with E-state index in [4.69, 9.17) is 0 Å². The maximum atomic E-state index is 13.5. The van der Waals surface area contributed by atoms with Gasteiger partial charge in [0, 0.05) is 30.1 Å². The molecule has 2 aromatic rings. The fourth-order valence-corrected chi connectivity index (χ4v) is 5.74. The molecule has 35 heavy (non-hydrogen) atoms. The second-order valence-corrected chi connectivity index (χ2v) is 10.7. The van der Waals surface area contributed by atoms with Gasteiger partial charge in [-0.25, -0.2) is 9.97 Å². The molecule has 4 rings (SSSR count). The van der Waals surface area contributed by atoms with Crippen molar-refractivity contribution in [2.75, 3.05) is 18.9 Å². The normalized spacial score (nSPS) is 25.9. The number of likely N-dealkylation sites (tertiary alicyclic amines) is 1. The maximum absolute atomic E-state index is 13.5. The first-order valence-electron chi connectivity index (χ1n) is 12.6. The van der Waals surface area contributed by atoms with Crippen LogP contribution in [0.4, 0.5) is 19.0 Å². The Morgan fingerprint density at radius 3 is 2.51 bits per heavy atom. The Labute approximate surface area is 205 Å². The average molecular weight is 492 g/mol. The Bertz CT molecular complexity index is 1060. The predicted molar refractivity (Wildman–Crippen MR) is 131 cm³/mol. The molecule has 9 heteroatoms. The van der Waals surface area contributed by atoms with Crippen LogP contribution in [0.1, 0.15) is 58.9 Å². The lowest BCUT2D eigenvalue weighted by atomic mass is 9.74. The lowest BCUT2D eigenvalue weighted by Gasteiger charge is -2.46. The summed E-state index contributed by atoms with van der Waals surface area (Å²) in [6.45, 7) is 9.54. The van der Waals surface area contributed by atoms with E-state index >= 15 is 0 Å². The van der Waals surface area contributed by atoms with Crippen molar-refractivity contribution in [3.05, 3.63) is 30.1 Å². The molecule has 1 aliphatic heterocycles. The smallest absolute Gasteiger partial charge is 0.358 e. The van der Waals surface area contributed by atoms with Crippen molar-refractivity contribution >= 4 is 22.6 Å². The molecule has 2 fully saturated rings. The minimum Gasteiger partial charge on any atom is -0.358 e. The monoisotopic (exact) mass is 491 g/mol. The van der Waals surface area contributed by atoms with Crippen molar-refractivity contribution < 1.29 is 18.0 Å². The van der Waals surface area contributed by atoms with Gasteiger partial charge in [-0.3, -0.25) is 4.79 Å². The number of hydrogen-bond donors (Lipinski definition) is 1. The van der Waals surface area contributed by atoms with Crippen LogP contribution >= 0.6 is 0 Å². The molecule has 192 valence electrons. The van der Waals surface area contributed by atoms with Crippen molar-refractivity contribution in [3.63, 3.8) is 0 Å². The summed E-state index contributed by atoms with van der Waals surface area (Å²) >= 11 is 0. The molecule has 1 N–H and O–H groups in total. The molecule has 1 unspecified atom stereocenters. The number of nitrogens with zero attached hydrogens (tertiary/aromatic N) is 4. The van der Waals surface area contributed by atoms with Gasteiger partial charge >= 0.3 is 6.18 Å². The number of anilines is 1. The minimum atomic E-state index is -4.46. The first kappa shape index (κ1) is 25.7. The Morgan fingerprint density at radius 2 is 1.86 bits per heavy atom. The standard InChI is InChI=1S/C26H36F3N5O/c1-15(2)19-13-18(33(5)16(3)4)7-9-23(19)34-11-10-22(25(34)35)32-24-20-12-17(26(27,28)29)6-8-21(20)30-14-31-24/h6,8,12,14-16,18-19,22-23H,7,9-11,13H2,1-5H3,(H,30,31,32)/t18-,19+,22?,23+/m1/s1. The number of aromatic nitrogens is 2. The Balaban J connectivity index is 1.52. The van der Waals surface area contributed by atoms with E-state index in [9.17, 15) is 18.0 Å². The third kappa shape index (κ3) is 5.25. The van der Waals surface area contributed by atoms with Crippen LogP contribution in [0.3, 0.4) is 0 Å². The van der Waals surface area contributed by atoms with Crippen LogP contribution in [0.15, 0.2) is 24.5 Å². The molecule has 6 nitrogen and oxygen atoms in total. The fraction of sp³-hybridized carbons (Fsp3) is 0.654. The van der Waals surface area contributed by atoms with Crippen LogP contribution in [0.5, 0.6) is 0 Å². The van der Waals surface area contributed by atoms with Crippen molar-refractivity contribution in [2.24, 2.45) is 11.8 Å². The van der Waals surface area contributed by atoms with E-state index in [1.165, 1.54) is 12.4 Å². The van der Waals surface area contributed by atoms with Crippen LogP contribution in [0.2, 0.25) is 0 Å². The molecule has 0 radical (unpaired) electrons. The summed E-state index contributed by atoms with van der Waals surface area (Å²) in [6.07, 6.45) is 0.539. The molecule has 1 aromatic heterocycles. The van der Waals surface area contributed by atoms with Crippen molar-refractivity contribution in [1.82, 2.24) is 19.8 Å². The Morgan fingerprint density at radius 1 is 1.11 bits per heavy atom. The molecular weight excluding hydrogens is 455 g/mol. The molecular formula is C26H36F3N5O. The number of carbonyl (C=O) groups excluding carboxylic acids is 1. The summed E-state index contributed by atoms with van der Waals surface area (Å²) in [5, 5.41) is 3.42. The number of hydrogen-bond acceptors (Lipinski definition) is 5. The van der Waals surface area contributed by atoms with Gasteiger partial charge in [0.1, 0.15) is 18.2 Å². The van der Waals surface area contributed by atoms with E-state index in [0.717, 1.165) is 31.4 Å². The zero-order valence-corrected chi connectivity index (χ0v) is 21.1. The lowest BCUT2D eigenvalue weighted by molar-refractivity contribution is -0.137. The fourth-order valence-electron chi connectivity index (χ4n) is 5.74. The van der Waals surface area contributed by atoms with Gasteiger partial charge in [-0.05, 0) is 76.6 Å². The largest absolute Gasteiger partial charge is 0.416 e. The summed E-state index contributed by atoms with van der Waals surface area (Å²) in [7, 11) is 2.18. The molecule has 1 aliphatic carbocycles. The van der Waals surface area contributed by atoms with Gasteiger partial charge in [-0.1, -0.05) is 13.8 Å². The average Bonchev–Trinajstić information content (AvgIpc) is 3.17. The van der Waals surface area contributed by atoms with E-state index in [1.807, 2.05) is 4.90 Å². The van der Waals surface area contributed by atoms with E-state index in [0.29, 0.717) is 42.4 Å². The number of rotatable bonds is 6. The van der Waals surface area contributed by atoms with Crippen LogP contribution < -0.4 is 5.32 Å². The summed E-state index contributed by atoms with van der Waals surface area (Å²) < 4.78 is 39.8. The van der Waals surface area contributed by atoms with E-state index in [-0.39, 0.29) is 23.2 Å². The molecule has 4 atom stereocenters. The number of halogens is 3. The van der Waals surface area contributed by atoms with Gasteiger partial charge < -0.3 is 15.1 Å². The van der Waals surface area contributed by atoms with Gasteiger partial charge in [-0.15, -0.1) is 0 Å². The van der Waals surface area contributed by atoms with Crippen LogP contribution in [-0.2, 0) is 11.0 Å². The zero-order valence-electron chi connectivity index (χ0n) is 21.1. The number of benzene rings is 1. The highest BCUT2D eigenvalue weighted by Gasteiger charge is 2.43. The summed E-state index contributed by atoms with van der Waals surface area (Å²) in [6, 6.07) is 4.08. The minimum absolute atomic E-state index is 0.00931. The number of fused-ring (bicyclic) bond motifs is 1. The zero-order chi connectivity index (χ0) is 25.5. The highest BCUT2D eigenvalue weighted by atomic mass is 19.4. The highest BCUT2D eigenvalue weighted by Crippen LogP contribution is 2.38. The Hall–Kier alpha value is -2.42. The third-order valence-electron chi connectivity index (χ3n) is 7.99. The topological polar surface area (TPSA) is 61.4 Å². The van der Waals surface area contributed by atoms with Crippen molar-refractivity contribution in [3.8, 4) is 0 Å². The number of carbonyl (C=O) groups is 1. The maximum Gasteiger partial charge on any atom is 0.416 e. The number of amides is 1. The quantitative estimate of drug-likeness (QED) is 0.602. The van der Waals surface area contributed by atoms with E-state index in [2.05, 4.69) is 54.9 Å². The van der Waals surface area contributed by atoms with Gasteiger partial charge in [0.2, 0.25) is 5.91 Å². The summed E-state index contributed by atoms with van der Waals surface area (Å²) in [4.78, 5) is 26.2. The Kier molecular flexibility index (Phi) is 7.27. The van der Waals surface area contributed by atoms with Gasteiger partial charge in [-0.2, -0.15) is 13.2 Å². The number of alkyl halides is 3.